The molecule has 0 atom stereocenters. The van der Waals surface area contributed by atoms with Crippen LogP contribution in [-0.4, -0.2) is 34.8 Å². The van der Waals surface area contributed by atoms with Crippen LogP contribution in [0.2, 0.25) is 0 Å². The number of carbonyl (C=O) groups is 3. The molecule has 0 aromatic heterocycles. The zero-order valence-electron chi connectivity index (χ0n) is 12.0. The topological polar surface area (TPSA) is 101 Å². The van der Waals surface area contributed by atoms with Gasteiger partial charge in [0.15, 0.2) is 5.92 Å². The lowest BCUT2D eigenvalue weighted by Gasteiger charge is -2.08. The Kier molecular flexibility index (Phi) is 8.38. The van der Waals surface area contributed by atoms with Gasteiger partial charge >= 0.3 is 18.3 Å². The van der Waals surface area contributed by atoms with Gasteiger partial charge in [-0.1, -0.05) is 25.5 Å². The maximum atomic E-state index is 11.7. The average Bonchev–Trinajstić information content (AvgIpc) is 2.43. The van der Waals surface area contributed by atoms with Crippen LogP contribution >= 0.6 is 0 Å². The molecule has 0 aliphatic carbocycles. The monoisotopic (exact) mass is 336 g/mol. The second-order valence-corrected chi connectivity index (χ2v) is 4.26. The molecule has 0 radical (unpaired) electrons. The van der Waals surface area contributed by atoms with Crippen molar-refractivity contribution >= 4 is 18.2 Å². The molecule has 6 nitrogen and oxygen atoms in total. The normalized spacial score (nSPS) is 10.5. The van der Waals surface area contributed by atoms with Crippen LogP contribution in [0.5, 0.6) is 5.75 Å². The summed E-state index contributed by atoms with van der Waals surface area (Å²) in [5.74, 6) is -4.13. The third-order valence-corrected chi connectivity index (χ3v) is 2.40. The molecule has 9 heteroatoms. The maximum absolute atomic E-state index is 11.7. The van der Waals surface area contributed by atoms with E-state index in [1.165, 1.54) is 12.1 Å². The number of carboxylic acid groups (broad SMARTS) is 2. The van der Waals surface area contributed by atoms with Crippen LogP contribution in [-0.2, 0) is 9.59 Å². The van der Waals surface area contributed by atoms with Crippen molar-refractivity contribution in [2.75, 3.05) is 0 Å². The molecule has 1 aromatic carbocycles. The van der Waals surface area contributed by atoms with Gasteiger partial charge in [0.25, 0.3) is 0 Å². The van der Waals surface area contributed by atoms with Crippen molar-refractivity contribution in [1.29, 1.82) is 0 Å². The van der Waals surface area contributed by atoms with Crippen LogP contribution in [0, 0.1) is 5.92 Å². The Morgan fingerprint density at radius 1 is 1.26 bits per heavy atom. The molecule has 0 saturated heterocycles. The molecule has 0 saturated carbocycles. The summed E-state index contributed by atoms with van der Waals surface area (Å²) in [5.41, 5.74) is 0.141. The van der Waals surface area contributed by atoms with E-state index in [0.29, 0.717) is 12.7 Å². The third-order valence-electron chi connectivity index (χ3n) is 2.40. The number of ether oxygens (including phenoxy) is 1. The van der Waals surface area contributed by atoms with E-state index in [-0.39, 0.29) is 12.0 Å². The smallest absolute Gasteiger partial charge is 0.481 e. The fourth-order valence-electron chi connectivity index (χ4n) is 1.43. The highest BCUT2D eigenvalue weighted by atomic mass is 19.4. The quantitative estimate of drug-likeness (QED) is 0.612. The number of carboxylic acids is 2. The van der Waals surface area contributed by atoms with Gasteiger partial charge in [0.05, 0.1) is 0 Å². The first-order chi connectivity index (χ1) is 10.6. The summed E-state index contributed by atoms with van der Waals surface area (Å²) in [7, 11) is 0. The summed E-state index contributed by atoms with van der Waals surface area (Å²) in [4.78, 5) is 30.5. The number of hydrogen-bond acceptors (Lipinski definition) is 4. The molecule has 0 bridgehead atoms. The van der Waals surface area contributed by atoms with Gasteiger partial charge < -0.3 is 14.9 Å². The average molecular weight is 336 g/mol. The Morgan fingerprint density at radius 2 is 1.83 bits per heavy atom. The summed E-state index contributed by atoms with van der Waals surface area (Å²) in [6.45, 7) is 1.75. The molecular formula is C14H15F3O6. The van der Waals surface area contributed by atoms with E-state index in [4.69, 9.17) is 10.2 Å². The highest BCUT2D eigenvalue weighted by molar-refractivity contribution is 5.92. The summed E-state index contributed by atoms with van der Waals surface area (Å²) in [6.07, 6.45) is -3.50. The van der Waals surface area contributed by atoms with E-state index >= 15 is 0 Å². The highest BCUT2D eigenvalue weighted by Gasteiger charge is 2.31. The zero-order valence-corrected chi connectivity index (χ0v) is 12.0. The van der Waals surface area contributed by atoms with Gasteiger partial charge in [-0.05, 0) is 18.6 Å². The van der Waals surface area contributed by atoms with Crippen LogP contribution in [0.1, 0.15) is 30.1 Å². The molecule has 23 heavy (non-hydrogen) atoms. The minimum absolute atomic E-state index is 0.141. The van der Waals surface area contributed by atoms with Gasteiger partial charge in [-0.2, -0.15) is 0 Å². The zero-order chi connectivity index (χ0) is 18.0. The Balaban J connectivity index is 0.000000438. The van der Waals surface area contributed by atoms with Crippen molar-refractivity contribution in [3.63, 3.8) is 0 Å². The number of hydrogen-bond donors (Lipinski definition) is 2. The van der Waals surface area contributed by atoms with Gasteiger partial charge in [-0.3, -0.25) is 14.4 Å². The summed E-state index contributed by atoms with van der Waals surface area (Å²) >= 11 is 0. The van der Waals surface area contributed by atoms with Crippen LogP contribution in [0.15, 0.2) is 24.3 Å². The van der Waals surface area contributed by atoms with Gasteiger partial charge in [-0.15, -0.1) is 13.2 Å². The molecule has 0 amide bonds. The Hall–Kier alpha value is -2.58. The molecule has 1 aromatic rings. The number of halogens is 3. The summed E-state index contributed by atoms with van der Waals surface area (Å²) in [6, 6.07) is 4.84. The van der Waals surface area contributed by atoms with Crippen LogP contribution in [0.25, 0.3) is 0 Å². The summed E-state index contributed by atoms with van der Waals surface area (Å²) in [5, 5.41) is 16.6. The molecule has 0 heterocycles. The number of carbonyl (C=O) groups excluding carboxylic acids is 1. The van der Waals surface area contributed by atoms with Gasteiger partial charge in [0, 0.05) is 5.56 Å². The Morgan fingerprint density at radius 3 is 2.17 bits per heavy atom. The largest absolute Gasteiger partial charge is 0.573 e. The minimum Gasteiger partial charge on any atom is -0.481 e. The Bertz CT molecular complexity index is 528. The Labute approximate surface area is 129 Å². The van der Waals surface area contributed by atoms with E-state index in [2.05, 4.69) is 4.74 Å². The molecule has 0 aliphatic rings. The van der Waals surface area contributed by atoms with E-state index in [1.54, 1.807) is 6.92 Å². The maximum Gasteiger partial charge on any atom is 0.573 e. The number of rotatable bonds is 6. The van der Waals surface area contributed by atoms with Crippen molar-refractivity contribution in [1.82, 2.24) is 0 Å². The van der Waals surface area contributed by atoms with Crippen LogP contribution in [0.4, 0.5) is 13.2 Å². The van der Waals surface area contributed by atoms with Gasteiger partial charge in [0.1, 0.15) is 12.0 Å². The molecule has 1 rings (SSSR count). The summed E-state index contributed by atoms with van der Waals surface area (Å²) < 4.78 is 38.6. The number of alkyl halides is 3. The molecule has 0 fully saturated rings. The highest BCUT2D eigenvalue weighted by Crippen LogP contribution is 2.22. The third kappa shape index (κ3) is 9.12. The standard InChI is InChI=1S/C8H5F3O2.C6H10O4/c9-8(10,11)13-7-3-1-2-6(4-7)5-12;1-2-3-4(5(7)8)6(9)10/h1-5H;4H,2-3H2,1H3,(H,7,8)(H,9,10). The lowest BCUT2D eigenvalue weighted by atomic mass is 10.1. The minimum atomic E-state index is -4.72. The van der Waals surface area contributed by atoms with Gasteiger partial charge in [0.2, 0.25) is 0 Å². The second kappa shape index (κ2) is 9.44. The van der Waals surface area contributed by atoms with Crippen LogP contribution in [0.3, 0.4) is 0 Å². The van der Waals surface area contributed by atoms with E-state index < -0.39 is 30.0 Å². The molecule has 0 aliphatic heterocycles. The first-order valence-electron chi connectivity index (χ1n) is 6.37. The first-order valence-corrected chi connectivity index (χ1v) is 6.37. The van der Waals surface area contributed by atoms with E-state index in [0.717, 1.165) is 12.1 Å². The number of aldehydes is 1. The van der Waals surface area contributed by atoms with E-state index in [9.17, 15) is 27.6 Å². The fraction of sp³-hybridized carbons (Fsp3) is 0.357. The SMILES string of the molecule is CCCC(C(=O)O)C(=O)O.O=Cc1cccc(OC(F)(F)F)c1. The molecule has 128 valence electrons. The van der Waals surface area contributed by atoms with Crippen molar-refractivity contribution in [2.24, 2.45) is 5.92 Å². The fourth-order valence-corrected chi connectivity index (χ4v) is 1.43. The van der Waals surface area contributed by atoms with Crippen molar-refractivity contribution in [2.45, 2.75) is 26.1 Å². The first kappa shape index (κ1) is 20.4. The second-order valence-electron chi connectivity index (χ2n) is 4.26. The molecule has 0 unspecified atom stereocenters. The predicted molar refractivity (Wildman–Crippen MR) is 72.2 cm³/mol. The predicted octanol–water partition coefficient (Wildman–Crippen LogP) is 2.97. The molecule has 2 N–H and O–H groups in total. The molecule has 0 spiro atoms. The van der Waals surface area contributed by atoms with Crippen molar-refractivity contribution < 1.29 is 42.5 Å². The lowest BCUT2D eigenvalue weighted by molar-refractivity contribution is -0.274. The van der Waals surface area contributed by atoms with Crippen LogP contribution < -0.4 is 4.74 Å². The van der Waals surface area contributed by atoms with Gasteiger partial charge in [-0.25, -0.2) is 0 Å². The van der Waals surface area contributed by atoms with Crippen molar-refractivity contribution in [3.8, 4) is 5.75 Å². The number of aliphatic carboxylic acids is 2. The van der Waals surface area contributed by atoms with E-state index in [1.807, 2.05) is 0 Å². The molecular weight excluding hydrogens is 321 g/mol. The number of benzene rings is 1. The van der Waals surface area contributed by atoms with Crippen molar-refractivity contribution in [3.05, 3.63) is 29.8 Å². The lowest BCUT2D eigenvalue weighted by Crippen LogP contribution is -2.22.